The number of rotatable bonds is 8. The number of nitrogens with one attached hydrogen (secondary N) is 1. The van der Waals surface area contributed by atoms with E-state index in [0.717, 1.165) is 0 Å². The zero-order valence-corrected chi connectivity index (χ0v) is 11.2. The van der Waals surface area contributed by atoms with E-state index in [0.29, 0.717) is 4.88 Å². The van der Waals surface area contributed by atoms with Gasteiger partial charge in [0.05, 0.1) is 4.88 Å². The smallest absolute Gasteiger partial charge is 0.313 e. The third-order valence-corrected chi connectivity index (χ3v) is 3.01. The predicted molar refractivity (Wildman–Crippen MR) is 72.0 cm³/mol. The second-order valence-corrected chi connectivity index (χ2v) is 4.62. The molecule has 0 aliphatic carbocycles. The van der Waals surface area contributed by atoms with Crippen molar-refractivity contribution in [2.75, 3.05) is 13.2 Å². The van der Waals surface area contributed by atoms with Gasteiger partial charge in [-0.15, -0.1) is 11.3 Å². The third-order valence-electron chi connectivity index (χ3n) is 2.14. The highest BCUT2D eigenvalue weighted by Gasteiger charge is 2.11. The number of ketones is 1. The molecule has 0 saturated carbocycles. The minimum absolute atomic E-state index is 0.0984. The first kappa shape index (κ1) is 15.1. The number of hydrogen-bond acceptors (Lipinski definition) is 5. The molecule has 1 N–H and O–H groups in total. The molecule has 0 unspecified atom stereocenters. The van der Waals surface area contributed by atoms with Crippen molar-refractivity contribution in [2.24, 2.45) is 0 Å². The summed E-state index contributed by atoms with van der Waals surface area (Å²) in [6, 6.07) is 3.48. The lowest BCUT2D eigenvalue weighted by Crippen LogP contribution is -2.26. The monoisotopic (exact) mass is 281 g/mol. The number of Topliss-reactive ketones (excluding diaryl/α,β-unsaturated/α-hetero) is 1. The SMILES string of the molecule is C=CCOC(=O)CC(=O)CCNC(=O)c1cccs1. The number of carbonyl (C=O) groups is 3. The Labute approximate surface area is 115 Å². The third kappa shape index (κ3) is 5.96. The summed E-state index contributed by atoms with van der Waals surface area (Å²) in [5.41, 5.74) is 0. The summed E-state index contributed by atoms with van der Waals surface area (Å²) in [7, 11) is 0. The van der Waals surface area contributed by atoms with Crippen LogP contribution >= 0.6 is 11.3 Å². The first-order valence-corrected chi connectivity index (χ1v) is 6.61. The Morgan fingerprint density at radius 1 is 1.42 bits per heavy atom. The van der Waals surface area contributed by atoms with E-state index in [1.165, 1.54) is 17.4 Å². The van der Waals surface area contributed by atoms with Crippen molar-refractivity contribution in [3.05, 3.63) is 35.0 Å². The van der Waals surface area contributed by atoms with Crippen molar-refractivity contribution in [1.82, 2.24) is 5.32 Å². The highest BCUT2D eigenvalue weighted by molar-refractivity contribution is 7.12. The number of carbonyl (C=O) groups excluding carboxylic acids is 3. The number of amides is 1. The molecular formula is C13H15NO4S. The van der Waals surface area contributed by atoms with Crippen LogP contribution < -0.4 is 5.32 Å². The van der Waals surface area contributed by atoms with Crippen LogP contribution in [0.5, 0.6) is 0 Å². The van der Waals surface area contributed by atoms with Crippen molar-refractivity contribution in [2.45, 2.75) is 12.8 Å². The van der Waals surface area contributed by atoms with Crippen LogP contribution in [0, 0.1) is 0 Å². The van der Waals surface area contributed by atoms with Crippen LogP contribution in [0.1, 0.15) is 22.5 Å². The Morgan fingerprint density at radius 3 is 2.84 bits per heavy atom. The average molecular weight is 281 g/mol. The summed E-state index contributed by atoms with van der Waals surface area (Å²) in [5, 5.41) is 4.42. The van der Waals surface area contributed by atoms with Gasteiger partial charge in [0.2, 0.25) is 0 Å². The number of thiophene rings is 1. The quantitative estimate of drug-likeness (QED) is 0.446. The minimum Gasteiger partial charge on any atom is -0.461 e. The summed E-state index contributed by atoms with van der Waals surface area (Å²) >= 11 is 1.33. The lowest BCUT2D eigenvalue weighted by molar-refractivity contribution is -0.144. The van der Waals surface area contributed by atoms with Crippen molar-refractivity contribution < 1.29 is 19.1 Å². The molecular weight excluding hydrogens is 266 g/mol. The summed E-state index contributed by atoms with van der Waals surface area (Å²) in [5.74, 6) is -1.05. The molecule has 0 atom stereocenters. The van der Waals surface area contributed by atoms with E-state index in [2.05, 4.69) is 16.6 Å². The molecule has 19 heavy (non-hydrogen) atoms. The van der Waals surface area contributed by atoms with Crippen LogP contribution in [0.3, 0.4) is 0 Å². The molecule has 102 valence electrons. The van der Waals surface area contributed by atoms with Gasteiger partial charge < -0.3 is 10.1 Å². The molecule has 0 fully saturated rings. The highest BCUT2D eigenvalue weighted by atomic mass is 32.1. The van der Waals surface area contributed by atoms with Crippen LogP contribution in [0.25, 0.3) is 0 Å². The largest absolute Gasteiger partial charge is 0.461 e. The molecule has 0 aliphatic rings. The molecule has 0 spiro atoms. The van der Waals surface area contributed by atoms with E-state index in [-0.39, 0.29) is 37.7 Å². The van der Waals surface area contributed by atoms with E-state index in [1.807, 2.05) is 0 Å². The molecule has 1 aromatic rings. The van der Waals surface area contributed by atoms with Crippen LogP contribution in [-0.2, 0) is 14.3 Å². The van der Waals surface area contributed by atoms with Crippen LogP contribution in [0.2, 0.25) is 0 Å². The van der Waals surface area contributed by atoms with Gasteiger partial charge in [-0.25, -0.2) is 0 Å². The first-order valence-electron chi connectivity index (χ1n) is 5.73. The van der Waals surface area contributed by atoms with Crippen molar-refractivity contribution in [3.8, 4) is 0 Å². The fourth-order valence-electron chi connectivity index (χ4n) is 1.26. The molecule has 0 radical (unpaired) electrons. The zero-order valence-electron chi connectivity index (χ0n) is 10.4. The molecule has 1 aromatic heterocycles. The summed E-state index contributed by atoms with van der Waals surface area (Å²) in [6.07, 6.45) is 1.27. The van der Waals surface area contributed by atoms with Crippen molar-refractivity contribution >= 4 is 29.0 Å². The first-order chi connectivity index (χ1) is 9.13. The molecule has 0 aromatic carbocycles. The van der Waals surface area contributed by atoms with Gasteiger partial charge in [0.25, 0.3) is 5.91 Å². The molecule has 5 nitrogen and oxygen atoms in total. The summed E-state index contributed by atoms with van der Waals surface area (Å²) in [6.45, 7) is 3.71. The van der Waals surface area contributed by atoms with Gasteiger partial charge in [0.15, 0.2) is 0 Å². The van der Waals surface area contributed by atoms with Gasteiger partial charge in [-0.05, 0) is 11.4 Å². The topological polar surface area (TPSA) is 72.5 Å². The predicted octanol–water partition coefficient (Wildman–Crippen LogP) is 1.56. The van der Waals surface area contributed by atoms with Crippen LogP contribution in [0.15, 0.2) is 30.2 Å². The Balaban J connectivity index is 2.18. The summed E-state index contributed by atoms with van der Waals surface area (Å²) in [4.78, 5) is 34.7. The highest BCUT2D eigenvalue weighted by Crippen LogP contribution is 2.07. The molecule has 1 heterocycles. The second kappa shape index (κ2) is 8.20. The Bertz CT molecular complexity index is 453. The number of esters is 1. The van der Waals surface area contributed by atoms with Gasteiger partial charge in [-0.2, -0.15) is 0 Å². The standard InChI is InChI=1S/C13H15NO4S/c1-2-7-18-12(16)9-10(15)5-6-14-13(17)11-4-3-8-19-11/h2-4,8H,1,5-7,9H2,(H,14,17). The average Bonchev–Trinajstić information content (AvgIpc) is 2.90. The van der Waals surface area contributed by atoms with E-state index in [9.17, 15) is 14.4 Å². The molecule has 1 rings (SSSR count). The maximum Gasteiger partial charge on any atom is 0.313 e. The zero-order chi connectivity index (χ0) is 14.1. The Morgan fingerprint density at radius 2 is 2.21 bits per heavy atom. The van der Waals surface area contributed by atoms with Crippen molar-refractivity contribution in [1.29, 1.82) is 0 Å². The lowest BCUT2D eigenvalue weighted by atomic mass is 10.2. The fraction of sp³-hybridized carbons (Fsp3) is 0.308. The Kier molecular flexibility index (Phi) is 6.52. The van der Waals surface area contributed by atoms with Gasteiger partial charge in [-0.3, -0.25) is 14.4 Å². The lowest BCUT2D eigenvalue weighted by Gasteiger charge is -2.03. The minimum atomic E-state index is -0.575. The maximum atomic E-state index is 11.5. The van der Waals surface area contributed by atoms with Gasteiger partial charge in [0.1, 0.15) is 18.8 Å². The normalized spacial score (nSPS) is 9.68. The second-order valence-electron chi connectivity index (χ2n) is 3.67. The molecule has 6 heteroatoms. The van der Waals surface area contributed by atoms with Crippen molar-refractivity contribution in [3.63, 3.8) is 0 Å². The number of ether oxygens (including phenoxy) is 1. The van der Waals surface area contributed by atoms with Gasteiger partial charge in [0, 0.05) is 13.0 Å². The maximum absolute atomic E-state index is 11.5. The van der Waals surface area contributed by atoms with E-state index < -0.39 is 5.97 Å². The van der Waals surface area contributed by atoms with E-state index in [4.69, 9.17) is 0 Å². The van der Waals surface area contributed by atoms with E-state index in [1.54, 1.807) is 17.5 Å². The fourth-order valence-corrected chi connectivity index (χ4v) is 1.90. The molecule has 0 aliphatic heterocycles. The van der Waals surface area contributed by atoms with Crippen LogP contribution in [-0.4, -0.2) is 30.8 Å². The molecule has 0 saturated heterocycles. The van der Waals surface area contributed by atoms with Gasteiger partial charge in [-0.1, -0.05) is 18.7 Å². The molecule has 0 bridgehead atoms. The molecule has 1 amide bonds. The Hall–Kier alpha value is -1.95. The number of hydrogen-bond donors (Lipinski definition) is 1. The van der Waals surface area contributed by atoms with Gasteiger partial charge >= 0.3 is 5.97 Å². The summed E-state index contributed by atoms with van der Waals surface area (Å²) < 4.78 is 4.68. The van der Waals surface area contributed by atoms with Crippen LogP contribution in [0.4, 0.5) is 0 Å². The van der Waals surface area contributed by atoms with E-state index >= 15 is 0 Å².